The van der Waals surface area contributed by atoms with E-state index in [0.717, 1.165) is 0 Å². The lowest BCUT2D eigenvalue weighted by molar-refractivity contribution is -0.151. The molecule has 0 spiro atoms. The molecule has 36 heavy (non-hydrogen) atoms. The highest BCUT2D eigenvalue weighted by atomic mass is 32.2. The van der Waals surface area contributed by atoms with E-state index in [-0.39, 0.29) is 29.5 Å². The molecule has 1 aliphatic heterocycles. The molecule has 1 aromatic heterocycles. The number of hydrogen-bond donors (Lipinski definition) is 3. The van der Waals surface area contributed by atoms with Crippen LogP contribution < -0.4 is 16.0 Å². The maximum Gasteiger partial charge on any atom is 0.328 e. The van der Waals surface area contributed by atoms with Crippen LogP contribution in [-0.2, 0) is 30.5 Å². The Morgan fingerprint density at radius 1 is 1.22 bits per heavy atom. The number of esters is 1. The van der Waals surface area contributed by atoms with E-state index < -0.39 is 35.8 Å². The second-order valence-electron chi connectivity index (χ2n) is 7.72. The van der Waals surface area contributed by atoms with Crippen molar-refractivity contribution in [3.05, 3.63) is 47.4 Å². The van der Waals surface area contributed by atoms with Crippen LogP contribution >= 0.6 is 23.5 Å². The molecule has 194 valence electrons. The van der Waals surface area contributed by atoms with Crippen molar-refractivity contribution in [2.75, 3.05) is 12.0 Å². The van der Waals surface area contributed by atoms with E-state index in [2.05, 4.69) is 20.9 Å². The summed E-state index contributed by atoms with van der Waals surface area (Å²) < 4.78 is 5.47. The molecule has 0 saturated carbocycles. The van der Waals surface area contributed by atoms with Crippen molar-refractivity contribution in [2.45, 2.75) is 57.2 Å². The minimum atomic E-state index is -1.05. The smallest absolute Gasteiger partial charge is 0.328 e. The molecule has 2 rings (SSSR count). The number of nitrogens with one attached hydrogen (secondary N) is 3. The summed E-state index contributed by atoms with van der Waals surface area (Å²) in [4.78, 5) is 66.9. The van der Waals surface area contributed by atoms with E-state index in [1.165, 1.54) is 43.4 Å². The second-order valence-corrected chi connectivity index (χ2v) is 9.84. The van der Waals surface area contributed by atoms with Gasteiger partial charge in [-0.2, -0.15) is 0 Å². The second kappa shape index (κ2) is 14.4. The van der Waals surface area contributed by atoms with Crippen molar-refractivity contribution in [3.8, 4) is 0 Å². The number of thioether (sulfide) groups is 2. The van der Waals surface area contributed by atoms with E-state index in [0.29, 0.717) is 22.8 Å². The largest absolute Gasteiger partial charge is 0.456 e. The quantitative estimate of drug-likeness (QED) is 0.170. The molecule has 0 aliphatic carbocycles. The third kappa shape index (κ3) is 9.15. The highest BCUT2D eigenvalue weighted by Gasteiger charge is 2.25. The van der Waals surface area contributed by atoms with Crippen LogP contribution in [-0.4, -0.2) is 57.9 Å². The van der Waals surface area contributed by atoms with Gasteiger partial charge in [-0.3, -0.25) is 19.2 Å². The van der Waals surface area contributed by atoms with Gasteiger partial charge in [-0.15, -0.1) is 11.8 Å². The molecule has 1 aromatic rings. The summed E-state index contributed by atoms with van der Waals surface area (Å²) >= 11 is 2.50. The molecule has 3 amide bonds. The van der Waals surface area contributed by atoms with E-state index >= 15 is 0 Å². The van der Waals surface area contributed by atoms with Gasteiger partial charge in [-0.1, -0.05) is 23.9 Å². The van der Waals surface area contributed by atoms with Crippen LogP contribution in [0.1, 0.15) is 49.8 Å². The monoisotopic (exact) mass is 534 g/mol. The lowest BCUT2D eigenvalue weighted by atomic mass is 10.2. The Bertz CT molecular complexity index is 1070. The molecular formula is C24H30N4O6S2. The first kappa shape index (κ1) is 29.1. The number of nitrogens with zero attached hydrogens (tertiary/aromatic N) is 1. The number of carbonyl (C=O) groups excluding carboxylic acids is 5. The Morgan fingerprint density at radius 2 is 1.97 bits per heavy atom. The normalized spacial score (nSPS) is 21.1. The summed E-state index contributed by atoms with van der Waals surface area (Å²) in [5.74, 6) is -1.84. The summed E-state index contributed by atoms with van der Waals surface area (Å²) in [6, 6.07) is 2.37. The van der Waals surface area contributed by atoms with Gasteiger partial charge < -0.3 is 20.7 Å². The third-order valence-electron chi connectivity index (χ3n) is 4.89. The Labute approximate surface area is 218 Å². The Balaban J connectivity index is 2.32. The maximum atomic E-state index is 12.9. The highest BCUT2D eigenvalue weighted by Crippen LogP contribution is 2.20. The standard InChI is InChI=1S/C24H30N4O6S2/c1-5-18-22(31)26-14(2)24(33)34-17(8-6-7-11-36-15(3)29)12-20(30)25-13-16-9-10-19(35-4)21(27-16)23(32)28-18/h5-6,8-10,14,17H,7,11-13H2,1-4H3,(H,25,30)(H,26,31)(H,28,32)/b8-6+,18-5-/t14-,17+/m0/s1. The van der Waals surface area contributed by atoms with Crippen molar-refractivity contribution in [2.24, 2.45) is 0 Å². The Morgan fingerprint density at radius 3 is 2.64 bits per heavy atom. The molecule has 0 aromatic carbocycles. The number of rotatable bonds is 5. The van der Waals surface area contributed by atoms with Gasteiger partial charge in [0.1, 0.15) is 23.5 Å². The van der Waals surface area contributed by atoms with Crippen molar-refractivity contribution >= 4 is 52.3 Å². The zero-order valence-electron chi connectivity index (χ0n) is 20.6. The molecule has 2 heterocycles. The highest BCUT2D eigenvalue weighted by molar-refractivity contribution is 8.13. The number of hydrogen-bond acceptors (Lipinski definition) is 9. The zero-order valence-corrected chi connectivity index (χ0v) is 22.2. The lowest BCUT2D eigenvalue weighted by Crippen LogP contribution is -2.44. The van der Waals surface area contributed by atoms with Crippen molar-refractivity contribution in [3.63, 3.8) is 0 Å². The first-order chi connectivity index (χ1) is 17.1. The molecule has 10 nitrogen and oxygen atoms in total. The molecule has 12 heteroatoms. The lowest BCUT2D eigenvalue weighted by Gasteiger charge is -2.20. The first-order valence-corrected chi connectivity index (χ1v) is 13.4. The van der Waals surface area contributed by atoms with Gasteiger partial charge in [0.05, 0.1) is 18.7 Å². The fourth-order valence-electron chi connectivity index (χ4n) is 3.05. The van der Waals surface area contributed by atoms with Crippen LogP contribution in [0.4, 0.5) is 0 Å². The number of cyclic esters (lactones) is 1. The zero-order chi connectivity index (χ0) is 26.7. The minimum Gasteiger partial charge on any atom is -0.456 e. The topological polar surface area (TPSA) is 144 Å². The fourth-order valence-corrected chi connectivity index (χ4v) is 4.13. The minimum absolute atomic E-state index is 0.00231. The molecule has 2 atom stereocenters. The number of fused-ring (bicyclic) bond motifs is 2. The van der Waals surface area contributed by atoms with Gasteiger partial charge >= 0.3 is 5.97 Å². The average molecular weight is 535 g/mol. The van der Waals surface area contributed by atoms with Gasteiger partial charge in [-0.05, 0) is 44.7 Å². The van der Waals surface area contributed by atoms with Crippen LogP contribution in [0.2, 0.25) is 0 Å². The van der Waals surface area contributed by atoms with Gasteiger partial charge in [0.25, 0.3) is 11.8 Å². The number of allylic oxidation sites excluding steroid dienone is 2. The first-order valence-electron chi connectivity index (χ1n) is 11.2. The molecule has 0 saturated heterocycles. The van der Waals surface area contributed by atoms with Crippen LogP contribution in [0, 0.1) is 0 Å². The van der Waals surface area contributed by atoms with Crippen molar-refractivity contribution < 1.29 is 28.7 Å². The summed E-state index contributed by atoms with van der Waals surface area (Å²) in [5.41, 5.74) is 0.521. The summed E-state index contributed by atoms with van der Waals surface area (Å²) in [6.45, 7) is 4.56. The van der Waals surface area contributed by atoms with Gasteiger partial charge in [0.2, 0.25) is 5.91 Å². The molecular weight excluding hydrogens is 504 g/mol. The predicted octanol–water partition coefficient (Wildman–Crippen LogP) is 2.10. The maximum absolute atomic E-state index is 12.9. The summed E-state index contributed by atoms with van der Waals surface area (Å²) in [6.07, 6.45) is 6.06. The fraction of sp³-hybridized carbons (Fsp3) is 0.417. The van der Waals surface area contributed by atoms with E-state index in [4.69, 9.17) is 4.74 Å². The molecule has 1 aliphatic rings. The van der Waals surface area contributed by atoms with E-state index in [1.807, 2.05) is 0 Å². The van der Waals surface area contributed by atoms with Gasteiger partial charge in [0.15, 0.2) is 5.12 Å². The number of aromatic nitrogens is 1. The van der Waals surface area contributed by atoms with E-state index in [9.17, 15) is 24.0 Å². The summed E-state index contributed by atoms with van der Waals surface area (Å²) in [7, 11) is 0. The Hall–Kier alpha value is -3.12. The third-order valence-corrected chi connectivity index (χ3v) is 6.51. The SMILES string of the molecule is C/C=C1\NC(=O)c2nc(ccc2SC)CNC(=O)C[C@@H](/C=C/CCSC(C)=O)OC(=O)[C@H](C)NC1=O. The van der Waals surface area contributed by atoms with E-state index in [1.54, 1.807) is 37.5 Å². The Kier molecular flexibility index (Phi) is 11.7. The van der Waals surface area contributed by atoms with Crippen molar-refractivity contribution in [1.82, 2.24) is 20.9 Å². The van der Waals surface area contributed by atoms with Gasteiger partial charge in [-0.25, -0.2) is 9.78 Å². The van der Waals surface area contributed by atoms with Crippen molar-refractivity contribution in [1.29, 1.82) is 0 Å². The number of ether oxygens (including phenoxy) is 1. The number of carbonyl (C=O) groups is 5. The summed E-state index contributed by atoms with van der Waals surface area (Å²) in [5, 5.41) is 7.77. The number of amides is 3. The number of pyridine rings is 1. The molecule has 0 unspecified atom stereocenters. The van der Waals surface area contributed by atoms with Crippen LogP contribution in [0.25, 0.3) is 0 Å². The molecule has 3 N–H and O–H groups in total. The van der Waals surface area contributed by atoms with Crippen LogP contribution in [0.15, 0.2) is 41.0 Å². The van der Waals surface area contributed by atoms with Crippen LogP contribution in [0.3, 0.4) is 0 Å². The average Bonchev–Trinajstić information content (AvgIpc) is 2.84. The molecule has 0 fully saturated rings. The molecule has 0 radical (unpaired) electrons. The predicted molar refractivity (Wildman–Crippen MR) is 138 cm³/mol. The molecule has 2 bridgehead atoms. The van der Waals surface area contributed by atoms with Gasteiger partial charge in [0, 0.05) is 17.6 Å². The van der Waals surface area contributed by atoms with Crippen LogP contribution in [0.5, 0.6) is 0 Å².